The van der Waals surface area contributed by atoms with Gasteiger partial charge in [0.15, 0.2) is 0 Å². The van der Waals surface area contributed by atoms with Crippen LogP contribution in [0.4, 0.5) is 8.78 Å². The van der Waals surface area contributed by atoms with Gasteiger partial charge in [-0.2, -0.15) is 0 Å². The first-order valence-electron chi connectivity index (χ1n) is 8.73. The average Bonchev–Trinajstić information content (AvgIpc) is 2.62. The van der Waals surface area contributed by atoms with Gasteiger partial charge in [-0.05, 0) is 53.6 Å². The zero-order chi connectivity index (χ0) is 18.0. The first kappa shape index (κ1) is 17.3. The number of halogens is 2. The summed E-state index contributed by atoms with van der Waals surface area (Å²) in [6.45, 7) is 5.90. The third-order valence-corrected chi connectivity index (χ3v) is 4.77. The van der Waals surface area contributed by atoms with Crippen molar-refractivity contribution < 1.29 is 8.78 Å². The van der Waals surface area contributed by atoms with Crippen molar-refractivity contribution in [1.29, 1.82) is 0 Å². The maximum absolute atomic E-state index is 15.3. The molecule has 128 valence electrons. The molecular weight excluding hydrogens is 314 g/mol. The van der Waals surface area contributed by atoms with Crippen LogP contribution in [0.5, 0.6) is 0 Å². The molecule has 0 radical (unpaired) electrons. The lowest BCUT2D eigenvalue weighted by Crippen LogP contribution is -1.98. The quantitative estimate of drug-likeness (QED) is 0.495. The van der Waals surface area contributed by atoms with Gasteiger partial charge >= 0.3 is 0 Å². The van der Waals surface area contributed by atoms with Crippen molar-refractivity contribution in [3.63, 3.8) is 0 Å². The molecule has 0 amide bonds. The number of hydrogen-bond acceptors (Lipinski definition) is 0. The molecule has 0 heterocycles. The minimum absolute atomic E-state index is 0.252. The Kier molecular flexibility index (Phi) is 4.98. The van der Waals surface area contributed by atoms with Gasteiger partial charge in [0, 0.05) is 11.1 Å². The summed E-state index contributed by atoms with van der Waals surface area (Å²) in [7, 11) is 0. The highest BCUT2D eigenvalue weighted by Gasteiger charge is 2.16. The van der Waals surface area contributed by atoms with Gasteiger partial charge in [0.2, 0.25) is 0 Å². The largest absolute Gasteiger partial charge is 0.207 e. The molecule has 2 heteroatoms. The summed E-state index contributed by atoms with van der Waals surface area (Å²) >= 11 is 0. The van der Waals surface area contributed by atoms with Gasteiger partial charge in [0.25, 0.3) is 0 Å². The highest BCUT2D eigenvalue weighted by molar-refractivity contribution is 5.76. The molecule has 0 aromatic heterocycles. The van der Waals surface area contributed by atoms with E-state index in [2.05, 4.69) is 0 Å². The van der Waals surface area contributed by atoms with Gasteiger partial charge in [-0.3, -0.25) is 0 Å². The van der Waals surface area contributed by atoms with Crippen LogP contribution >= 0.6 is 0 Å². The number of hydrogen-bond donors (Lipinski definition) is 0. The monoisotopic (exact) mass is 336 g/mol. The number of benzene rings is 3. The second-order valence-corrected chi connectivity index (χ2v) is 6.28. The molecular formula is C23H22F2. The van der Waals surface area contributed by atoms with Crippen LogP contribution in [0.25, 0.3) is 22.3 Å². The Hall–Kier alpha value is -2.48. The van der Waals surface area contributed by atoms with E-state index in [9.17, 15) is 4.39 Å². The Bertz CT molecular complexity index is 910. The van der Waals surface area contributed by atoms with E-state index in [4.69, 9.17) is 0 Å². The van der Waals surface area contributed by atoms with E-state index in [1.807, 2.05) is 57.2 Å². The Morgan fingerprint density at radius 3 is 2.12 bits per heavy atom. The van der Waals surface area contributed by atoms with Crippen LogP contribution < -0.4 is 0 Å². The fourth-order valence-electron chi connectivity index (χ4n) is 3.40. The van der Waals surface area contributed by atoms with Crippen molar-refractivity contribution in [2.24, 2.45) is 0 Å². The Morgan fingerprint density at radius 2 is 1.44 bits per heavy atom. The van der Waals surface area contributed by atoms with Gasteiger partial charge in [0.1, 0.15) is 11.6 Å². The summed E-state index contributed by atoms with van der Waals surface area (Å²) < 4.78 is 29.7. The lowest BCUT2D eigenvalue weighted by molar-refractivity contribution is 0.608. The Morgan fingerprint density at radius 1 is 0.760 bits per heavy atom. The maximum atomic E-state index is 15.3. The van der Waals surface area contributed by atoms with Crippen LogP contribution in [-0.2, 0) is 12.8 Å². The van der Waals surface area contributed by atoms with E-state index < -0.39 is 0 Å². The zero-order valence-corrected chi connectivity index (χ0v) is 14.9. The first-order chi connectivity index (χ1) is 12.1. The predicted octanol–water partition coefficient (Wildman–Crippen LogP) is 6.73. The molecule has 0 aliphatic rings. The van der Waals surface area contributed by atoms with Gasteiger partial charge in [-0.1, -0.05) is 62.4 Å². The predicted molar refractivity (Wildman–Crippen MR) is 101 cm³/mol. The van der Waals surface area contributed by atoms with Crippen molar-refractivity contribution in [2.75, 3.05) is 0 Å². The Balaban J connectivity index is 2.19. The van der Waals surface area contributed by atoms with Gasteiger partial charge in [-0.25, -0.2) is 8.78 Å². The molecule has 0 spiro atoms. The van der Waals surface area contributed by atoms with Crippen LogP contribution in [0.15, 0.2) is 54.6 Å². The highest BCUT2D eigenvalue weighted by Crippen LogP contribution is 2.34. The third-order valence-electron chi connectivity index (χ3n) is 4.77. The topological polar surface area (TPSA) is 0 Å². The van der Waals surface area contributed by atoms with Crippen molar-refractivity contribution in [3.8, 4) is 22.3 Å². The van der Waals surface area contributed by atoms with E-state index in [-0.39, 0.29) is 11.6 Å². The van der Waals surface area contributed by atoms with Crippen LogP contribution in [0.3, 0.4) is 0 Å². The molecule has 0 bridgehead atoms. The summed E-state index contributed by atoms with van der Waals surface area (Å²) in [5.74, 6) is -0.556. The van der Waals surface area contributed by atoms with Crippen molar-refractivity contribution in [3.05, 3.63) is 82.9 Å². The van der Waals surface area contributed by atoms with E-state index in [1.54, 1.807) is 12.1 Å². The van der Waals surface area contributed by atoms with E-state index in [1.165, 1.54) is 6.07 Å². The summed E-state index contributed by atoms with van der Waals surface area (Å²) in [4.78, 5) is 0. The van der Waals surface area contributed by atoms with E-state index in [0.29, 0.717) is 23.1 Å². The normalized spacial score (nSPS) is 10.9. The van der Waals surface area contributed by atoms with Crippen molar-refractivity contribution in [1.82, 2.24) is 0 Å². The molecule has 3 aromatic carbocycles. The van der Waals surface area contributed by atoms with Crippen LogP contribution in [-0.4, -0.2) is 0 Å². The third kappa shape index (κ3) is 3.21. The SMILES string of the molecule is CCc1cc(-c2cccc(-c3ccccc3C)c2F)cc(F)c1CC. The fraction of sp³-hybridized carbons (Fsp3) is 0.217. The molecule has 0 aliphatic carbocycles. The highest BCUT2D eigenvalue weighted by atomic mass is 19.1. The first-order valence-corrected chi connectivity index (χ1v) is 8.73. The minimum atomic E-state index is -0.303. The lowest BCUT2D eigenvalue weighted by atomic mass is 9.92. The van der Waals surface area contributed by atoms with Gasteiger partial charge < -0.3 is 0 Å². The molecule has 3 aromatic rings. The summed E-state index contributed by atoms with van der Waals surface area (Å²) in [6, 6.07) is 16.4. The van der Waals surface area contributed by atoms with Gasteiger partial charge in [-0.15, -0.1) is 0 Å². The minimum Gasteiger partial charge on any atom is -0.207 e. The van der Waals surface area contributed by atoms with Crippen molar-refractivity contribution >= 4 is 0 Å². The summed E-state index contributed by atoms with van der Waals surface area (Å²) in [5.41, 5.74) is 5.13. The zero-order valence-electron chi connectivity index (χ0n) is 14.9. The molecule has 0 nitrogen and oxygen atoms in total. The van der Waals surface area contributed by atoms with Crippen LogP contribution in [0, 0.1) is 18.6 Å². The molecule has 0 aliphatic heterocycles. The maximum Gasteiger partial charge on any atom is 0.138 e. The molecule has 0 fully saturated rings. The standard InChI is InChI=1S/C23H22F2/c1-4-16-13-17(14-22(24)18(16)5-2)20-11-8-12-21(23(20)25)19-10-7-6-9-15(19)3/h6-14H,4-5H2,1-3H3. The second-order valence-electron chi connectivity index (χ2n) is 6.28. The molecule has 0 N–H and O–H groups in total. The van der Waals surface area contributed by atoms with Crippen LogP contribution in [0.1, 0.15) is 30.5 Å². The average molecular weight is 336 g/mol. The molecule has 0 atom stereocenters. The molecule has 3 rings (SSSR count). The molecule has 25 heavy (non-hydrogen) atoms. The van der Waals surface area contributed by atoms with Crippen molar-refractivity contribution in [2.45, 2.75) is 33.6 Å². The van der Waals surface area contributed by atoms with Crippen LogP contribution in [0.2, 0.25) is 0 Å². The second kappa shape index (κ2) is 7.18. The fourth-order valence-corrected chi connectivity index (χ4v) is 3.40. The van der Waals surface area contributed by atoms with Gasteiger partial charge in [0.05, 0.1) is 0 Å². The molecule has 0 saturated carbocycles. The lowest BCUT2D eigenvalue weighted by Gasteiger charge is -2.14. The van der Waals surface area contributed by atoms with E-state index in [0.717, 1.165) is 28.7 Å². The number of rotatable bonds is 4. The molecule has 0 saturated heterocycles. The smallest absolute Gasteiger partial charge is 0.138 e. The summed E-state index contributed by atoms with van der Waals surface area (Å²) in [6.07, 6.45) is 1.37. The molecule has 0 unspecified atom stereocenters. The number of aryl methyl sites for hydroxylation is 2. The summed E-state index contributed by atoms with van der Waals surface area (Å²) in [5, 5.41) is 0. The van der Waals surface area contributed by atoms with E-state index >= 15 is 4.39 Å². The Labute approximate surface area is 148 Å².